The molecule has 108 valence electrons. The van der Waals surface area contributed by atoms with Crippen LogP contribution in [0.1, 0.15) is 12.0 Å². The fourth-order valence-electron chi connectivity index (χ4n) is 2.23. The Bertz CT molecular complexity index is 620. The van der Waals surface area contributed by atoms with Gasteiger partial charge in [-0.3, -0.25) is 0 Å². The predicted molar refractivity (Wildman–Crippen MR) is 72.2 cm³/mol. The van der Waals surface area contributed by atoms with Crippen LogP contribution in [0.5, 0.6) is 0 Å². The fourth-order valence-corrected chi connectivity index (χ4v) is 3.21. The van der Waals surface area contributed by atoms with Crippen molar-refractivity contribution in [3.8, 4) is 0 Å². The van der Waals surface area contributed by atoms with Crippen molar-refractivity contribution in [3.63, 3.8) is 0 Å². The van der Waals surface area contributed by atoms with Gasteiger partial charge >= 0.3 is 6.18 Å². The highest BCUT2D eigenvalue weighted by atomic mass is 32.1. The quantitative estimate of drug-likeness (QED) is 0.848. The summed E-state index contributed by atoms with van der Waals surface area (Å²) >= 11 is 1.40. The van der Waals surface area contributed by atoms with Gasteiger partial charge in [-0.15, -0.1) is 0 Å². The number of benzene rings is 1. The van der Waals surface area contributed by atoms with E-state index in [1.165, 1.54) is 17.4 Å². The molecule has 1 aromatic heterocycles. The van der Waals surface area contributed by atoms with Crippen LogP contribution in [0.15, 0.2) is 18.2 Å². The number of rotatable bonds is 2. The van der Waals surface area contributed by atoms with Crippen molar-refractivity contribution in [1.82, 2.24) is 4.98 Å². The number of halogens is 3. The smallest absolute Gasteiger partial charge is 0.379 e. The Labute approximate surface area is 118 Å². The number of ether oxygens (including phenoxy) is 1. The molecule has 20 heavy (non-hydrogen) atoms. The number of hydrogen-bond donors (Lipinski definition) is 0. The summed E-state index contributed by atoms with van der Waals surface area (Å²) in [6.45, 7) is 1.36. The Hall–Kier alpha value is -1.34. The lowest BCUT2D eigenvalue weighted by Gasteiger charge is -2.21. The molecule has 3 nitrogen and oxygen atoms in total. The standard InChI is InChI=1S/C13H13F3N2OS/c1-18(9-4-5-19-7-9)12-17-10-6-8(13(14,15)16)2-3-11(10)20-12/h2-3,6,9H,4-5,7H2,1H3. The number of likely N-dealkylation sites (N-methyl/N-ethyl adjacent to an activating group) is 1. The van der Waals surface area contributed by atoms with Gasteiger partial charge in [-0.05, 0) is 24.6 Å². The Kier molecular flexibility index (Phi) is 3.33. The van der Waals surface area contributed by atoms with Crippen molar-refractivity contribution in [1.29, 1.82) is 0 Å². The van der Waals surface area contributed by atoms with Crippen LogP contribution in [0.3, 0.4) is 0 Å². The molecule has 7 heteroatoms. The maximum Gasteiger partial charge on any atom is 0.416 e. The number of anilines is 1. The Morgan fingerprint density at radius 1 is 1.40 bits per heavy atom. The molecule has 0 saturated carbocycles. The first kappa shape index (κ1) is 13.6. The number of hydrogen-bond acceptors (Lipinski definition) is 4. The van der Waals surface area contributed by atoms with Gasteiger partial charge in [-0.1, -0.05) is 11.3 Å². The average Bonchev–Trinajstić information content (AvgIpc) is 3.05. The van der Waals surface area contributed by atoms with E-state index in [0.29, 0.717) is 12.1 Å². The van der Waals surface area contributed by atoms with Gasteiger partial charge in [0.1, 0.15) is 0 Å². The number of aromatic nitrogens is 1. The second-order valence-electron chi connectivity index (χ2n) is 4.81. The normalized spacial score (nSPS) is 19.7. The molecule has 0 aliphatic carbocycles. The molecular formula is C13H13F3N2OS. The van der Waals surface area contributed by atoms with E-state index in [0.717, 1.165) is 35.0 Å². The van der Waals surface area contributed by atoms with Gasteiger partial charge < -0.3 is 9.64 Å². The van der Waals surface area contributed by atoms with Gasteiger partial charge in [0.2, 0.25) is 0 Å². The van der Waals surface area contributed by atoms with Crippen LogP contribution < -0.4 is 4.90 Å². The van der Waals surface area contributed by atoms with E-state index in [9.17, 15) is 13.2 Å². The molecule has 3 rings (SSSR count). The van der Waals surface area contributed by atoms with Crippen LogP contribution in [0.25, 0.3) is 10.2 Å². The number of fused-ring (bicyclic) bond motifs is 1. The summed E-state index contributed by atoms with van der Waals surface area (Å²) in [7, 11) is 1.90. The van der Waals surface area contributed by atoms with Gasteiger partial charge in [-0.25, -0.2) is 4.98 Å². The van der Waals surface area contributed by atoms with E-state index in [2.05, 4.69) is 4.98 Å². The fraction of sp³-hybridized carbons (Fsp3) is 0.462. The number of alkyl halides is 3. The van der Waals surface area contributed by atoms with E-state index in [1.54, 1.807) is 0 Å². The SMILES string of the molecule is CN(c1nc2cc(C(F)(F)F)ccc2s1)C1CCOC1. The first-order chi connectivity index (χ1) is 9.45. The molecule has 1 aliphatic rings. The van der Waals surface area contributed by atoms with Crippen LogP contribution in [0.2, 0.25) is 0 Å². The zero-order valence-corrected chi connectivity index (χ0v) is 11.6. The van der Waals surface area contributed by atoms with Crippen molar-refractivity contribution >= 4 is 26.7 Å². The predicted octanol–water partition coefficient (Wildman–Crippen LogP) is 3.54. The third-order valence-corrected chi connectivity index (χ3v) is 4.59. The lowest BCUT2D eigenvalue weighted by Crippen LogP contribution is -2.31. The molecule has 1 aliphatic heterocycles. The van der Waals surface area contributed by atoms with E-state index in [-0.39, 0.29) is 6.04 Å². The van der Waals surface area contributed by atoms with Gasteiger partial charge in [0.25, 0.3) is 0 Å². The van der Waals surface area contributed by atoms with Gasteiger partial charge in [0.05, 0.1) is 28.4 Å². The van der Waals surface area contributed by atoms with Crippen LogP contribution in [-0.4, -0.2) is 31.3 Å². The van der Waals surface area contributed by atoms with Gasteiger partial charge in [0.15, 0.2) is 5.13 Å². The molecule has 0 amide bonds. The largest absolute Gasteiger partial charge is 0.416 e. The zero-order chi connectivity index (χ0) is 14.3. The zero-order valence-electron chi connectivity index (χ0n) is 10.8. The summed E-state index contributed by atoms with van der Waals surface area (Å²) in [5.74, 6) is 0. The van der Waals surface area contributed by atoms with Crippen molar-refractivity contribution < 1.29 is 17.9 Å². The second-order valence-corrected chi connectivity index (χ2v) is 5.81. The van der Waals surface area contributed by atoms with E-state index >= 15 is 0 Å². The monoisotopic (exact) mass is 302 g/mol. The van der Waals surface area contributed by atoms with Crippen LogP contribution in [-0.2, 0) is 10.9 Å². The molecule has 0 radical (unpaired) electrons. The van der Waals surface area contributed by atoms with Crippen LogP contribution >= 0.6 is 11.3 Å². The van der Waals surface area contributed by atoms with Crippen molar-refractivity contribution in [2.45, 2.75) is 18.6 Å². The van der Waals surface area contributed by atoms with Crippen LogP contribution in [0, 0.1) is 0 Å². The molecule has 1 atom stereocenters. The molecule has 0 N–H and O–H groups in total. The maximum atomic E-state index is 12.7. The number of thiazole rings is 1. The highest BCUT2D eigenvalue weighted by Gasteiger charge is 2.31. The summed E-state index contributed by atoms with van der Waals surface area (Å²) in [6.07, 6.45) is -3.41. The summed E-state index contributed by atoms with van der Waals surface area (Å²) in [6, 6.07) is 3.94. The number of nitrogens with zero attached hydrogens (tertiary/aromatic N) is 2. The molecule has 1 saturated heterocycles. The second kappa shape index (κ2) is 4.89. The van der Waals surface area contributed by atoms with Crippen molar-refractivity contribution in [3.05, 3.63) is 23.8 Å². The van der Waals surface area contributed by atoms with E-state index in [1.807, 2.05) is 11.9 Å². The molecule has 1 unspecified atom stereocenters. The first-order valence-electron chi connectivity index (χ1n) is 6.23. The summed E-state index contributed by atoms with van der Waals surface area (Å²) < 4.78 is 44.1. The van der Waals surface area contributed by atoms with Gasteiger partial charge in [-0.2, -0.15) is 13.2 Å². The maximum absolute atomic E-state index is 12.7. The molecule has 2 heterocycles. The molecule has 1 aromatic carbocycles. The molecule has 0 spiro atoms. The van der Waals surface area contributed by atoms with E-state index in [4.69, 9.17) is 4.74 Å². The summed E-state index contributed by atoms with van der Waals surface area (Å²) in [5.41, 5.74) is -0.265. The van der Waals surface area contributed by atoms with Crippen LogP contribution in [0.4, 0.5) is 18.3 Å². The van der Waals surface area contributed by atoms with E-state index < -0.39 is 11.7 Å². The van der Waals surface area contributed by atoms with Crippen molar-refractivity contribution in [2.24, 2.45) is 0 Å². The minimum Gasteiger partial charge on any atom is -0.379 e. The third-order valence-electron chi connectivity index (χ3n) is 3.46. The van der Waals surface area contributed by atoms with Gasteiger partial charge in [0, 0.05) is 13.7 Å². The average molecular weight is 302 g/mol. The lowest BCUT2D eigenvalue weighted by molar-refractivity contribution is -0.137. The minimum absolute atomic E-state index is 0.248. The molecular weight excluding hydrogens is 289 g/mol. The topological polar surface area (TPSA) is 25.4 Å². The minimum atomic E-state index is -4.33. The molecule has 2 aromatic rings. The summed E-state index contributed by atoms with van der Waals surface area (Å²) in [4.78, 5) is 6.31. The summed E-state index contributed by atoms with van der Waals surface area (Å²) in [5, 5.41) is 0.731. The first-order valence-corrected chi connectivity index (χ1v) is 7.05. The lowest BCUT2D eigenvalue weighted by atomic mass is 10.2. The highest BCUT2D eigenvalue weighted by Crippen LogP contribution is 2.35. The Morgan fingerprint density at radius 3 is 2.85 bits per heavy atom. The molecule has 1 fully saturated rings. The molecule has 0 bridgehead atoms. The highest BCUT2D eigenvalue weighted by molar-refractivity contribution is 7.22. The third kappa shape index (κ3) is 2.47. The Balaban J connectivity index is 1.94. The van der Waals surface area contributed by atoms with Crippen molar-refractivity contribution in [2.75, 3.05) is 25.2 Å². The Morgan fingerprint density at radius 2 is 2.20 bits per heavy atom.